The van der Waals surface area contributed by atoms with Crippen molar-refractivity contribution in [3.8, 4) is 0 Å². The smallest absolute Gasteiger partial charge is 0.343 e. The fraction of sp³-hybridized carbons (Fsp3) is 0.591. The zero-order chi connectivity index (χ0) is 24.0. The van der Waals surface area contributed by atoms with Crippen molar-refractivity contribution in [3.05, 3.63) is 33.6 Å². The molecule has 0 radical (unpaired) electrons. The Labute approximate surface area is 196 Å². The van der Waals surface area contributed by atoms with Gasteiger partial charge in [-0.15, -0.1) is 0 Å². The van der Waals surface area contributed by atoms with E-state index in [4.69, 9.17) is 32.4 Å². The summed E-state index contributed by atoms with van der Waals surface area (Å²) in [5.74, 6) is -0.921. The Kier molecular flexibility index (Phi) is 10.2. The average Bonchev–Trinajstić information content (AvgIpc) is 2.64. The van der Waals surface area contributed by atoms with Crippen LogP contribution in [0.1, 0.15) is 47.1 Å². The van der Waals surface area contributed by atoms with Crippen LogP contribution < -0.4 is 0 Å². The number of nitrogens with zero attached hydrogens (tertiary/aromatic N) is 2. The number of aliphatic hydroxyl groups is 1. The molecule has 1 aromatic heterocycles. The summed E-state index contributed by atoms with van der Waals surface area (Å²) in [6, 6.07) is 1.18. The Morgan fingerprint density at radius 3 is 2.45 bits per heavy atom. The minimum absolute atomic E-state index is 0.0733. The molecule has 31 heavy (non-hydrogen) atoms. The SMILES string of the molecule is CCOC(=O)/C(C=N[C@H](CO[Si](C)(C)C(C)(C)C)C(C)C)=C(\O)c1cc(Cl)ncc1Cl. The van der Waals surface area contributed by atoms with Crippen molar-refractivity contribution in [1.29, 1.82) is 0 Å². The molecular weight excluding hydrogens is 455 g/mol. The van der Waals surface area contributed by atoms with Crippen LogP contribution in [0.5, 0.6) is 0 Å². The van der Waals surface area contributed by atoms with E-state index in [1.165, 1.54) is 18.5 Å². The molecule has 1 N–H and O–H groups in total. The molecule has 0 saturated carbocycles. The van der Waals surface area contributed by atoms with Gasteiger partial charge in [0.1, 0.15) is 16.5 Å². The normalized spacial score (nSPS) is 14.7. The molecule has 0 fully saturated rings. The van der Waals surface area contributed by atoms with Gasteiger partial charge in [-0.1, -0.05) is 57.8 Å². The van der Waals surface area contributed by atoms with Gasteiger partial charge in [0.2, 0.25) is 0 Å². The Balaban J connectivity index is 3.30. The van der Waals surface area contributed by atoms with Crippen LogP contribution >= 0.6 is 23.2 Å². The maximum absolute atomic E-state index is 12.5. The van der Waals surface area contributed by atoms with Crippen LogP contribution in [0, 0.1) is 5.92 Å². The molecule has 0 bridgehead atoms. The molecule has 0 aliphatic rings. The van der Waals surface area contributed by atoms with Gasteiger partial charge >= 0.3 is 5.97 Å². The van der Waals surface area contributed by atoms with Crippen LogP contribution in [-0.2, 0) is 14.0 Å². The standard InChI is InChI=1S/C22H34Cl2N2O4Si/c1-9-29-21(28)16(20(27)15-10-19(24)26-12-17(15)23)11-25-18(14(2)3)13-30-31(7,8)22(4,5)6/h10-12,14,18,27H,9,13H2,1-8H3/b20-16-,25-11?/t18-/m1/s1. The lowest BCUT2D eigenvalue weighted by molar-refractivity contribution is -0.137. The first-order valence-electron chi connectivity index (χ1n) is 10.3. The number of ether oxygens (including phenoxy) is 1. The predicted molar refractivity (Wildman–Crippen MR) is 131 cm³/mol. The quantitative estimate of drug-likeness (QED) is 0.109. The van der Waals surface area contributed by atoms with Crippen molar-refractivity contribution in [2.75, 3.05) is 13.2 Å². The summed E-state index contributed by atoms with van der Waals surface area (Å²) in [4.78, 5) is 21.0. The van der Waals surface area contributed by atoms with Gasteiger partial charge in [0.05, 0.1) is 24.3 Å². The summed E-state index contributed by atoms with van der Waals surface area (Å²) in [5, 5.41) is 11.2. The molecule has 0 unspecified atom stereocenters. The Hall–Kier alpha value is -1.41. The van der Waals surface area contributed by atoms with E-state index in [1.54, 1.807) is 6.92 Å². The number of aliphatic imine (C=N–C) groups is 1. The second-order valence-corrected chi connectivity index (χ2v) is 14.7. The molecule has 0 spiro atoms. The molecule has 0 aliphatic carbocycles. The zero-order valence-corrected chi connectivity index (χ0v) is 22.1. The molecule has 1 heterocycles. The number of rotatable bonds is 9. The highest BCUT2D eigenvalue weighted by molar-refractivity contribution is 6.74. The van der Waals surface area contributed by atoms with Gasteiger partial charge in [0.15, 0.2) is 8.32 Å². The van der Waals surface area contributed by atoms with E-state index in [0.717, 1.165) is 0 Å². The lowest BCUT2D eigenvalue weighted by Gasteiger charge is -2.37. The van der Waals surface area contributed by atoms with E-state index in [-0.39, 0.29) is 50.7 Å². The molecule has 1 aromatic rings. The first-order chi connectivity index (χ1) is 14.2. The average molecular weight is 490 g/mol. The van der Waals surface area contributed by atoms with E-state index >= 15 is 0 Å². The van der Waals surface area contributed by atoms with Gasteiger partial charge < -0.3 is 14.3 Å². The molecular formula is C22H34Cl2N2O4Si. The molecule has 174 valence electrons. The second-order valence-electron chi connectivity index (χ2n) is 9.13. The molecule has 1 rings (SSSR count). The molecule has 9 heteroatoms. The molecule has 1 atom stereocenters. The van der Waals surface area contributed by atoms with Crippen LogP contribution in [0.3, 0.4) is 0 Å². The van der Waals surface area contributed by atoms with Crippen molar-refractivity contribution in [3.63, 3.8) is 0 Å². The molecule has 0 saturated heterocycles. The minimum Gasteiger partial charge on any atom is -0.506 e. The van der Waals surface area contributed by atoms with E-state index in [2.05, 4.69) is 43.8 Å². The summed E-state index contributed by atoms with van der Waals surface area (Å²) in [6.45, 7) is 17.2. The molecule has 0 amide bonds. The highest BCUT2D eigenvalue weighted by Gasteiger charge is 2.37. The van der Waals surface area contributed by atoms with Gasteiger partial charge in [0, 0.05) is 18.0 Å². The fourth-order valence-electron chi connectivity index (χ4n) is 2.25. The van der Waals surface area contributed by atoms with Crippen molar-refractivity contribution < 1.29 is 19.1 Å². The number of hydrogen-bond acceptors (Lipinski definition) is 6. The lowest BCUT2D eigenvalue weighted by atomic mass is 10.1. The third-order valence-electron chi connectivity index (χ3n) is 5.41. The highest BCUT2D eigenvalue weighted by Crippen LogP contribution is 2.37. The first kappa shape index (κ1) is 27.6. The largest absolute Gasteiger partial charge is 0.506 e. The lowest BCUT2D eigenvalue weighted by Crippen LogP contribution is -2.43. The van der Waals surface area contributed by atoms with E-state index in [9.17, 15) is 9.90 Å². The van der Waals surface area contributed by atoms with E-state index in [1.807, 2.05) is 13.8 Å². The summed E-state index contributed by atoms with van der Waals surface area (Å²) >= 11 is 12.1. The number of halogens is 2. The second kappa shape index (κ2) is 11.5. The Morgan fingerprint density at radius 2 is 1.94 bits per heavy atom. The number of pyridine rings is 1. The third-order valence-corrected chi connectivity index (χ3v) is 10.4. The number of aromatic nitrogens is 1. The van der Waals surface area contributed by atoms with E-state index in [0.29, 0.717) is 6.61 Å². The zero-order valence-electron chi connectivity index (χ0n) is 19.6. The first-order valence-corrected chi connectivity index (χ1v) is 14.0. The molecule has 0 aromatic carbocycles. The number of aliphatic hydroxyl groups excluding tert-OH is 1. The van der Waals surface area contributed by atoms with Crippen molar-refractivity contribution in [2.45, 2.75) is 65.7 Å². The Morgan fingerprint density at radius 1 is 1.32 bits per heavy atom. The summed E-state index contributed by atoms with van der Waals surface area (Å²) in [7, 11) is -1.96. The maximum atomic E-state index is 12.5. The van der Waals surface area contributed by atoms with Gasteiger partial charge in [-0.25, -0.2) is 9.78 Å². The van der Waals surface area contributed by atoms with Crippen molar-refractivity contribution in [1.82, 2.24) is 4.98 Å². The summed E-state index contributed by atoms with van der Waals surface area (Å²) in [5.41, 5.74) is 0.0683. The third kappa shape index (κ3) is 7.90. The Bertz CT molecular complexity index is 833. The highest BCUT2D eigenvalue weighted by atomic mass is 35.5. The fourth-order valence-corrected chi connectivity index (χ4v) is 3.62. The van der Waals surface area contributed by atoms with Crippen LogP contribution in [0.15, 0.2) is 22.8 Å². The van der Waals surface area contributed by atoms with Gasteiger partial charge in [0.25, 0.3) is 0 Å². The maximum Gasteiger partial charge on any atom is 0.343 e. The molecule has 6 nitrogen and oxygen atoms in total. The summed E-state index contributed by atoms with van der Waals surface area (Å²) < 4.78 is 11.4. The van der Waals surface area contributed by atoms with Gasteiger partial charge in [-0.05, 0) is 37.0 Å². The molecule has 0 aliphatic heterocycles. The number of esters is 1. The number of carbonyl (C=O) groups excluding carboxylic acids is 1. The van der Waals surface area contributed by atoms with Crippen LogP contribution in [0.2, 0.25) is 28.3 Å². The monoisotopic (exact) mass is 488 g/mol. The topological polar surface area (TPSA) is 81.0 Å². The summed E-state index contributed by atoms with van der Waals surface area (Å²) in [6.07, 6.45) is 2.64. The predicted octanol–water partition coefficient (Wildman–Crippen LogP) is 6.34. The number of carbonyl (C=O) groups is 1. The van der Waals surface area contributed by atoms with Gasteiger partial charge in [-0.3, -0.25) is 4.99 Å². The van der Waals surface area contributed by atoms with Crippen molar-refractivity contribution >= 4 is 49.5 Å². The van der Waals surface area contributed by atoms with Crippen LogP contribution in [0.4, 0.5) is 0 Å². The van der Waals surface area contributed by atoms with Crippen LogP contribution in [-0.4, -0.2) is 49.8 Å². The minimum atomic E-state index is -1.96. The number of hydrogen-bond donors (Lipinski definition) is 1. The van der Waals surface area contributed by atoms with Crippen molar-refractivity contribution in [2.24, 2.45) is 10.9 Å². The van der Waals surface area contributed by atoms with Crippen LogP contribution in [0.25, 0.3) is 5.76 Å². The van der Waals surface area contributed by atoms with E-state index < -0.39 is 14.3 Å². The van der Waals surface area contributed by atoms with Gasteiger partial charge in [-0.2, -0.15) is 0 Å².